The van der Waals surface area contributed by atoms with Crippen LogP contribution in [0.1, 0.15) is 164 Å². The molecule has 12 amide bonds. The number of hydrogen-bond acceptors (Lipinski definition) is 22. The molecule has 0 aliphatic rings. The summed E-state index contributed by atoms with van der Waals surface area (Å²) < 4.78 is 11.1. The molecule has 14 N–H and O–H groups in total. The van der Waals surface area contributed by atoms with Crippen LogP contribution in [0.5, 0.6) is 0 Å². The van der Waals surface area contributed by atoms with E-state index in [1.165, 1.54) is 0 Å². The molecule has 0 saturated carbocycles. The van der Waals surface area contributed by atoms with Gasteiger partial charge in [0, 0.05) is 31.6 Å². The minimum Gasteiger partial charge on any atom is -0.459 e. The van der Waals surface area contributed by atoms with Gasteiger partial charge in [0.25, 0.3) is 0 Å². The number of carbonyl (C=O) groups is 18. The van der Waals surface area contributed by atoms with Crippen LogP contribution in [0.15, 0.2) is 91.0 Å². The minimum absolute atomic E-state index is 0.00769. The number of hydrogen-bond donors (Lipinski definition) is 14. The largest absolute Gasteiger partial charge is 0.459 e. The maximum Gasteiger partial charge on any atom is 0.323 e. The first-order valence-corrected chi connectivity index (χ1v) is 49.1. The predicted molar refractivity (Wildman–Crippen MR) is 543 cm³/mol. The van der Waals surface area contributed by atoms with Crippen molar-refractivity contribution in [3.8, 4) is 0 Å². The Morgan fingerprint density at radius 1 is 0.397 bits per heavy atom. The molecular formula is C84H119B15N14O20PS2. The van der Waals surface area contributed by atoms with Gasteiger partial charge in [-0.05, 0) is 60.8 Å². The molecule has 0 aliphatic carbocycles. The number of carbonyl (C=O) groups excluding carboxylic acids is 18. The third-order valence-corrected chi connectivity index (χ3v) is 26.3. The first kappa shape index (κ1) is 121. The quantitative estimate of drug-likeness (QED) is 0.0147. The molecule has 52 heteroatoms. The summed E-state index contributed by atoms with van der Waals surface area (Å²) in [6.45, 7) is 16.1. The Labute approximate surface area is 815 Å². The molecule has 34 nitrogen and oxygen atoms in total. The Balaban J connectivity index is 2.18. The maximum absolute atomic E-state index is 15.2. The van der Waals surface area contributed by atoms with E-state index in [0.717, 1.165) is 24.2 Å². The van der Waals surface area contributed by atoms with Gasteiger partial charge in [-0.3, -0.25) is 43.7 Å². The van der Waals surface area contributed by atoms with Crippen LogP contribution in [0.25, 0.3) is 0 Å². The van der Waals surface area contributed by atoms with Gasteiger partial charge in [-0.2, -0.15) is 0 Å². The summed E-state index contributed by atoms with van der Waals surface area (Å²) >= 11 is 0. The van der Waals surface area contributed by atoms with E-state index in [9.17, 15) is 81.5 Å². The van der Waals surface area contributed by atoms with Crippen LogP contribution in [-0.2, 0) is 115 Å². The maximum atomic E-state index is 15.2. The second kappa shape index (κ2) is 61.8. The summed E-state index contributed by atoms with van der Waals surface area (Å²) in [5.74, 6) is -17.7. The smallest absolute Gasteiger partial charge is 0.323 e. The average Bonchev–Trinajstić information content (AvgIpc) is 0.831. The van der Waals surface area contributed by atoms with Crippen LogP contribution in [-0.4, -0.2) is 327 Å². The van der Waals surface area contributed by atoms with Gasteiger partial charge in [0.2, 0.25) is 23.6 Å². The third kappa shape index (κ3) is 46.4. The van der Waals surface area contributed by atoms with Crippen molar-refractivity contribution in [2.24, 2.45) is 23.7 Å². The number of rotatable bonds is 58. The van der Waals surface area contributed by atoms with E-state index in [-0.39, 0.29) is 77.6 Å². The van der Waals surface area contributed by atoms with E-state index in [0.29, 0.717) is 23.1 Å². The molecule has 0 aromatic heterocycles. The van der Waals surface area contributed by atoms with E-state index >= 15 is 4.79 Å². The first-order chi connectivity index (χ1) is 63.9. The van der Waals surface area contributed by atoms with Gasteiger partial charge < -0.3 is 30.7 Å². The van der Waals surface area contributed by atoms with Crippen molar-refractivity contribution in [1.29, 1.82) is 0 Å². The second-order valence-corrected chi connectivity index (χ2v) is 42.6. The van der Waals surface area contributed by atoms with Crippen LogP contribution < -0.4 is 74.4 Å². The number of Topliss-reactive ketones (excluding diaryl/α,β-unsaturated/α-hetero) is 1. The van der Waals surface area contributed by atoms with Gasteiger partial charge >= 0.3 is 521 Å². The number of ketones is 1. The molecule has 0 aliphatic heterocycles. The standard InChI is InChI=1S/C84H119B15N14O20PS2/c1-50(2)34-57(41-100-47-73(122)135(94-86,95-87)98(90)91)107-79(128)63(37-53-22-16-13-17-23-53)108-70(119)44-104-76(125)59(31-33-67(116)103-43-69(118)110-65(39-55-26-20-15-21-27-55)81(130)113-62(36-52(5)6)78(127)106-48-74(123)136(96-88,97-89)99(92)93)111-75(124)56(40-58(114)29-30-60(82(131)133-84(10,11)12)101-45-71(120)132-83(7,8)9)28-32-66(115)102-42-68(117)109-64(38-54-24-18-14-19-25-54)80(129)112-61(35-51(3)4)77(126)105-46-72(121)134-49-85/h13-27,50-52,56-57,59-65,100-101H,28-48H2,1-12H3,(H,102,115)(H,103,116)(H,104,125)(H,105,126)(H,106,127)(H,107,128)(H,108,119)(H,109,117)(H,110,118)(H,111,124)(H,112,129)(H,113,130). The van der Waals surface area contributed by atoms with Gasteiger partial charge in [0.05, 0.1) is 13.1 Å². The van der Waals surface area contributed by atoms with Crippen molar-refractivity contribution >= 4 is 240 Å². The first-order valence-electron chi connectivity index (χ1n) is 44.5. The summed E-state index contributed by atoms with van der Waals surface area (Å²) in [6.07, 6.45) is -4.00. The molecule has 3 aromatic rings. The molecule has 17 radical (unpaired) electrons. The number of ether oxygens (including phenoxy) is 2. The Kier molecular flexibility index (Phi) is 54.9. The summed E-state index contributed by atoms with van der Waals surface area (Å²) in [7, 11) is 46.4. The molecule has 707 valence electrons. The van der Waals surface area contributed by atoms with Gasteiger partial charge in [-0.15, -0.1) is 0 Å². The molecule has 3 rings (SSSR count). The van der Waals surface area contributed by atoms with Gasteiger partial charge in [-0.25, -0.2) is 0 Å². The topological polar surface area (TPSA) is 494 Å². The van der Waals surface area contributed by atoms with Crippen molar-refractivity contribution in [2.45, 2.75) is 226 Å². The minimum atomic E-state index is -2.91. The predicted octanol–water partition coefficient (Wildman–Crippen LogP) is -3.63. The van der Waals surface area contributed by atoms with Crippen LogP contribution in [0, 0.1) is 23.7 Å². The Hall–Kier alpha value is -9.41. The number of nitrogens with one attached hydrogen (secondary N) is 14. The van der Waals surface area contributed by atoms with Gasteiger partial charge in [0.15, 0.2) is 0 Å². The molecule has 0 spiro atoms. The zero-order chi connectivity index (χ0) is 102. The van der Waals surface area contributed by atoms with Crippen molar-refractivity contribution < 1.29 is 95.8 Å². The van der Waals surface area contributed by atoms with Crippen LogP contribution in [0.3, 0.4) is 0 Å². The molecular weight excluding hydrogens is 1780 g/mol. The van der Waals surface area contributed by atoms with E-state index in [4.69, 9.17) is 78.9 Å². The van der Waals surface area contributed by atoms with Gasteiger partial charge in [-0.1, -0.05) is 66.7 Å². The molecule has 0 heterocycles. The van der Waals surface area contributed by atoms with Crippen LogP contribution in [0.4, 0.5) is 0 Å². The molecule has 0 fully saturated rings. The summed E-state index contributed by atoms with van der Waals surface area (Å²) in [5.41, 5.74) is -0.785. The number of amides is 12. The monoisotopic (exact) mass is 1900 g/mol. The average molecular weight is 1900 g/mol. The summed E-state index contributed by atoms with van der Waals surface area (Å²) in [4.78, 5) is 252. The molecule has 3 aromatic carbocycles. The fourth-order valence-corrected chi connectivity index (χ4v) is 16.6. The van der Waals surface area contributed by atoms with Gasteiger partial charge in [0.1, 0.15) is 29.1 Å². The Morgan fingerprint density at radius 2 is 0.765 bits per heavy atom. The fourth-order valence-electron chi connectivity index (χ4n) is 13.5. The summed E-state index contributed by atoms with van der Waals surface area (Å²) in [5, 5.41) is 37.8. The Morgan fingerprint density at radius 3 is 1.16 bits per heavy atom. The van der Waals surface area contributed by atoms with Crippen LogP contribution >= 0.6 is 25.7 Å². The van der Waals surface area contributed by atoms with Crippen molar-refractivity contribution in [3.05, 3.63) is 108 Å². The third-order valence-electron chi connectivity index (χ3n) is 20.3. The van der Waals surface area contributed by atoms with E-state index in [1.807, 2.05) is 13.8 Å². The zero-order valence-electron chi connectivity index (χ0n) is 79.5. The molecule has 0 bridgehead atoms. The number of benzene rings is 3. The van der Waals surface area contributed by atoms with Crippen LogP contribution in [0.2, 0.25) is 0 Å². The molecule has 136 heavy (non-hydrogen) atoms. The van der Waals surface area contributed by atoms with E-state index in [2.05, 4.69) is 79.8 Å². The number of esters is 2. The summed E-state index contributed by atoms with van der Waals surface area (Å²) in [6, 6.07) is 19.0. The zero-order valence-corrected chi connectivity index (χ0v) is 82.1. The molecule has 9 unspecified atom stereocenters. The van der Waals surface area contributed by atoms with E-state index in [1.54, 1.807) is 160 Å². The Bertz CT molecular complexity index is 4920. The molecule has 9 atom stereocenters. The molecule has 0 saturated heterocycles. The second-order valence-electron chi connectivity index (χ2n) is 35.5. The van der Waals surface area contributed by atoms with Crippen molar-refractivity contribution in [3.63, 3.8) is 0 Å². The SMILES string of the molecule is [B]B=S(=B[B])(B([B])[B])C(=O)CNCC(CC(C)C)NC(=O)C(Cc1ccccc1)NC(=O)CNC(=O)C(CCC(=O)NCC(=O)NC(Cc1ccccc1)C(=O)NC(CC(C)C)C(=O)NCC(=O)S(=B[B])(=B[B])B([B])[B])NC(=O)C(CCC(=O)NCC(=O)NC(Cc1ccccc1)C(=O)NC(CC(C)C)C(=O)NCC(=O)P=C=[B])CC(=O)CCC(NCC(=O)OC(C)(C)C)C(=O)OC(C)(C)C. The normalized spacial score (nSPS) is 13.3. The van der Waals surface area contributed by atoms with Crippen molar-refractivity contribution in [2.75, 3.05) is 52.4 Å². The van der Waals surface area contributed by atoms with Crippen molar-refractivity contribution in [1.82, 2.24) is 74.4 Å². The fraction of sp³-hybridized carbons (Fsp3) is 0.560. The van der Waals surface area contributed by atoms with E-state index < -0.39 is 277 Å².